The predicted molar refractivity (Wildman–Crippen MR) is 33.4 cm³/mol. The van der Waals surface area contributed by atoms with E-state index in [0.29, 0.717) is 13.0 Å². The third kappa shape index (κ3) is 7.87. The highest BCUT2D eigenvalue weighted by molar-refractivity contribution is 7.88. The molecule has 1 N–H and O–H groups in total. The molecule has 1 radical (unpaired) electrons. The van der Waals surface area contributed by atoms with Crippen LogP contribution in [0.4, 0.5) is 0 Å². The molecular formula is C4H10NO3S. The van der Waals surface area contributed by atoms with Gasteiger partial charge in [0.2, 0.25) is 10.0 Å². The van der Waals surface area contributed by atoms with Crippen LogP contribution < -0.4 is 5.14 Å². The molecule has 0 aliphatic carbocycles. The lowest BCUT2D eigenvalue weighted by Crippen LogP contribution is -2.07. The Morgan fingerprint density at radius 3 is 2.44 bits per heavy atom. The van der Waals surface area contributed by atoms with Crippen LogP contribution in [0.15, 0.2) is 0 Å². The van der Waals surface area contributed by atoms with E-state index >= 15 is 0 Å². The molecule has 0 spiro atoms. The Morgan fingerprint density at radius 1 is 1.56 bits per heavy atom. The topological polar surface area (TPSA) is 67.2 Å². The van der Waals surface area contributed by atoms with Crippen molar-refractivity contribution in [2.24, 2.45) is 0 Å². The molecule has 0 aromatic heterocycles. The second kappa shape index (κ2) is 3.81. The highest BCUT2D eigenvalue weighted by atomic mass is 32.2. The maximum atomic E-state index is 10.1. The molecule has 0 heterocycles. The summed E-state index contributed by atoms with van der Waals surface area (Å²) in [4.78, 5) is 0. The summed E-state index contributed by atoms with van der Waals surface area (Å²) in [5, 5.41) is 6.43. The van der Waals surface area contributed by atoms with Crippen molar-refractivity contribution in [3.8, 4) is 0 Å². The van der Waals surface area contributed by atoms with E-state index in [1.807, 2.05) is 0 Å². The average molecular weight is 152 g/mol. The van der Waals surface area contributed by atoms with E-state index in [1.165, 1.54) is 7.11 Å². The first kappa shape index (κ1) is 8.87. The van der Waals surface area contributed by atoms with Gasteiger partial charge in [-0.3, -0.25) is 0 Å². The van der Waals surface area contributed by atoms with Crippen LogP contribution in [0.25, 0.3) is 0 Å². The largest absolute Gasteiger partial charge is 0.385 e. The molecule has 4 nitrogen and oxygen atoms in total. The number of rotatable bonds is 4. The summed E-state index contributed by atoms with van der Waals surface area (Å²) in [5.74, 6) is -0.110. The van der Waals surface area contributed by atoms with Crippen molar-refractivity contribution in [1.29, 1.82) is 0 Å². The molecule has 0 rings (SSSR count). The zero-order chi connectivity index (χ0) is 7.33. The Morgan fingerprint density at radius 2 is 2.11 bits per heavy atom. The Balaban J connectivity index is 3.30. The fourth-order valence-corrected chi connectivity index (χ4v) is 0.891. The van der Waals surface area contributed by atoms with Gasteiger partial charge in [0.15, 0.2) is 0 Å². The van der Waals surface area contributed by atoms with Gasteiger partial charge < -0.3 is 4.74 Å². The molecule has 0 bridgehead atoms. The normalized spacial score (nSPS) is 11.8. The number of hydrogen-bond donors (Lipinski definition) is 0. The van der Waals surface area contributed by atoms with E-state index in [-0.39, 0.29) is 5.75 Å². The van der Waals surface area contributed by atoms with E-state index in [4.69, 9.17) is 5.14 Å². The number of hydrogen-bond acceptors (Lipinski definition) is 3. The molecule has 5 heteroatoms. The Bertz CT molecular complexity index is 151. The van der Waals surface area contributed by atoms with Crippen LogP contribution in [0.1, 0.15) is 6.42 Å². The first-order chi connectivity index (χ1) is 4.06. The molecule has 0 fully saturated rings. The number of nitrogens with one attached hydrogen (secondary N) is 1. The van der Waals surface area contributed by atoms with Crippen LogP contribution in [0.2, 0.25) is 0 Å². The van der Waals surface area contributed by atoms with Gasteiger partial charge in [-0.1, -0.05) is 0 Å². The van der Waals surface area contributed by atoms with Gasteiger partial charge in [0.1, 0.15) is 0 Å². The zero-order valence-electron chi connectivity index (χ0n) is 5.25. The minimum atomic E-state index is -3.53. The quantitative estimate of drug-likeness (QED) is 0.516. The van der Waals surface area contributed by atoms with Crippen molar-refractivity contribution in [1.82, 2.24) is 5.14 Å². The molecule has 0 aliphatic heterocycles. The van der Waals surface area contributed by atoms with Gasteiger partial charge in [-0.25, -0.2) is 8.42 Å². The van der Waals surface area contributed by atoms with Crippen LogP contribution in [0.3, 0.4) is 0 Å². The summed E-state index contributed by atoms with van der Waals surface area (Å²) in [6.45, 7) is 0.401. The highest BCUT2D eigenvalue weighted by Gasteiger charge is 2.00. The highest BCUT2D eigenvalue weighted by Crippen LogP contribution is 1.86. The van der Waals surface area contributed by atoms with Crippen molar-refractivity contribution in [2.75, 3.05) is 19.5 Å². The second-order valence-electron chi connectivity index (χ2n) is 1.67. The molecule has 0 aromatic carbocycles. The monoisotopic (exact) mass is 152 g/mol. The third-order valence-corrected chi connectivity index (χ3v) is 1.59. The SMILES string of the molecule is COCCCS([NH])(=O)=O. The van der Waals surface area contributed by atoms with Crippen molar-refractivity contribution < 1.29 is 13.2 Å². The molecule has 0 aliphatic rings. The van der Waals surface area contributed by atoms with Crippen molar-refractivity contribution >= 4 is 10.0 Å². The molecular weight excluding hydrogens is 142 g/mol. The maximum Gasteiger partial charge on any atom is 0.225 e. The van der Waals surface area contributed by atoms with Gasteiger partial charge in [0.25, 0.3) is 0 Å². The molecule has 0 unspecified atom stereocenters. The van der Waals surface area contributed by atoms with E-state index in [9.17, 15) is 8.42 Å². The van der Waals surface area contributed by atoms with Crippen molar-refractivity contribution in [3.63, 3.8) is 0 Å². The lowest BCUT2D eigenvalue weighted by molar-refractivity contribution is 0.199. The summed E-state index contributed by atoms with van der Waals surface area (Å²) >= 11 is 0. The molecule has 0 atom stereocenters. The molecule has 0 saturated heterocycles. The third-order valence-electron chi connectivity index (χ3n) is 0.762. The van der Waals surface area contributed by atoms with Crippen LogP contribution in [-0.2, 0) is 14.8 Å². The number of sulfonamides is 1. The molecule has 0 amide bonds. The minimum absolute atomic E-state index is 0.110. The second-order valence-corrected chi connectivity index (χ2v) is 3.30. The van der Waals surface area contributed by atoms with Gasteiger partial charge >= 0.3 is 0 Å². The fraction of sp³-hybridized carbons (Fsp3) is 1.00. The van der Waals surface area contributed by atoms with Gasteiger partial charge in [0.05, 0.1) is 5.75 Å². The van der Waals surface area contributed by atoms with Crippen molar-refractivity contribution in [3.05, 3.63) is 0 Å². The average Bonchev–Trinajstić information content (AvgIpc) is 1.63. The lowest BCUT2D eigenvalue weighted by Gasteiger charge is -1.94. The lowest BCUT2D eigenvalue weighted by atomic mass is 10.5. The summed E-state index contributed by atoms with van der Waals surface area (Å²) in [6.07, 6.45) is 0.405. The van der Waals surface area contributed by atoms with Crippen LogP contribution in [0.5, 0.6) is 0 Å². The predicted octanol–water partition coefficient (Wildman–Crippen LogP) is -0.364. The van der Waals surface area contributed by atoms with E-state index < -0.39 is 10.0 Å². The van der Waals surface area contributed by atoms with Gasteiger partial charge in [-0.05, 0) is 6.42 Å². The first-order valence-corrected chi connectivity index (χ1v) is 4.18. The number of methoxy groups -OCH3 is 1. The summed E-state index contributed by atoms with van der Waals surface area (Å²) < 4.78 is 24.8. The summed E-state index contributed by atoms with van der Waals surface area (Å²) in [6, 6.07) is 0. The standard InChI is InChI=1S/C4H10NO3S/c1-8-3-2-4-9(5,6)7/h5H,2-4H2,1H3. The fourth-order valence-electron chi connectivity index (χ4n) is 0.393. The molecule has 55 valence electrons. The van der Waals surface area contributed by atoms with Crippen LogP contribution >= 0.6 is 0 Å². The van der Waals surface area contributed by atoms with E-state index in [1.54, 1.807) is 0 Å². The van der Waals surface area contributed by atoms with E-state index in [0.717, 1.165) is 0 Å². The Kier molecular flexibility index (Phi) is 3.76. The van der Waals surface area contributed by atoms with Crippen LogP contribution in [0, 0.1) is 0 Å². The number of ether oxygens (including phenoxy) is 1. The van der Waals surface area contributed by atoms with Crippen LogP contribution in [-0.4, -0.2) is 27.9 Å². The zero-order valence-corrected chi connectivity index (χ0v) is 6.07. The summed E-state index contributed by atoms with van der Waals surface area (Å²) in [7, 11) is -2.03. The maximum absolute atomic E-state index is 10.1. The van der Waals surface area contributed by atoms with Crippen molar-refractivity contribution in [2.45, 2.75) is 6.42 Å². The van der Waals surface area contributed by atoms with E-state index in [2.05, 4.69) is 4.74 Å². The molecule has 9 heavy (non-hydrogen) atoms. The molecule has 0 saturated carbocycles. The summed E-state index contributed by atoms with van der Waals surface area (Å²) in [5.41, 5.74) is 0. The van der Waals surface area contributed by atoms with Gasteiger partial charge in [-0.2, -0.15) is 0 Å². The minimum Gasteiger partial charge on any atom is -0.385 e. The Labute approximate surface area is 55.0 Å². The smallest absolute Gasteiger partial charge is 0.225 e. The molecule has 0 aromatic rings. The Hall–Kier alpha value is -0.130. The van der Waals surface area contributed by atoms with Gasteiger partial charge in [-0.15, -0.1) is 5.14 Å². The van der Waals surface area contributed by atoms with Gasteiger partial charge in [0, 0.05) is 13.7 Å². The first-order valence-electron chi connectivity index (χ1n) is 2.52.